The van der Waals surface area contributed by atoms with Crippen molar-refractivity contribution in [1.82, 2.24) is 20.2 Å². The lowest BCUT2D eigenvalue weighted by Crippen LogP contribution is -2.15. The molecule has 1 aliphatic carbocycles. The molecule has 2 aromatic carbocycles. The van der Waals surface area contributed by atoms with Gasteiger partial charge in [-0.1, -0.05) is 18.2 Å². The summed E-state index contributed by atoms with van der Waals surface area (Å²) in [5.41, 5.74) is 2.52. The maximum absolute atomic E-state index is 12.4. The monoisotopic (exact) mass is 363 g/mol. The Morgan fingerprint density at radius 1 is 1.15 bits per heavy atom. The van der Waals surface area contributed by atoms with E-state index < -0.39 is 0 Å². The normalized spacial score (nSPS) is 14.2. The Morgan fingerprint density at radius 3 is 2.70 bits per heavy atom. The molecule has 1 heterocycles. The number of ether oxygens (including phenoxy) is 1. The summed E-state index contributed by atoms with van der Waals surface area (Å²) in [6.45, 7) is 0. The van der Waals surface area contributed by atoms with Crippen LogP contribution in [0, 0.1) is 0 Å². The molecule has 0 unspecified atom stereocenters. The number of hydrogen-bond donors (Lipinski definition) is 1. The van der Waals surface area contributed by atoms with E-state index in [-0.39, 0.29) is 5.91 Å². The Hall–Kier alpha value is -3.22. The van der Waals surface area contributed by atoms with Gasteiger partial charge >= 0.3 is 0 Å². The molecule has 0 spiro atoms. The van der Waals surface area contributed by atoms with Crippen LogP contribution in [0.5, 0.6) is 5.75 Å². The highest BCUT2D eigenvalue weighted by atomic mass is 16.5. The quantitative estimate of drug-likeness (QED) is 0.727. The van der Waals surface area contributed by atoms with Crippen LogP contribution < -0.4 is 10.1 Å². The first-order chi connectivity index (χ1) is 13.3. The summed E-state index contributed by atoms with van der Waals surface area (Å²) in [6, 6.07) is 15.2. The van der Waals surface area contributed by atoms with Gasteiger partial charge in [-0.25, -0.2) is 4.68 Å². The number of amides is 1. The second kappa shape index (κ2) is 7.99. The van der Waals surface area contributed by atoms with Gasteiger partial charge in [0.15, 0.2) is 0 Å². The predicted octanol–water partition coefficient (Wildman–Crippen LogP) is 3.16. The molecule has 0 bridgehead atoms. The number of nitrogens with one attached hydrogen (secondary N) is 1. The highest BCUT2D eigenvalue weighted by Crippen LogP contribution is 2.25. The smallest absolute Gasteiger partial charge is 0.228 e. The zero-order valence-corrected chi connectivity index (χ0v) is 14.9. The van der Waals surface area contributed by atoms with Crippen LogP contribution in [0.25, 0.3) is 5.69 Å². The Balaban J connectivity index is 1.35. The molecule has 4 rings (SSSR count). The van der Waals surface area contributed by atoms with Gasteiger partial charge in [-0.15, -0.1) is 5.10 Å². The molecule has 1 saturated carbocycles. The van der Waals surface area contributed by atoms with Crippen molar-refractivity contribution >= 4 is 11.6 Å². The SMILES string of the molecule is O=C(Cc1ccc(-n2cnnn2)cc1)Nc1cccc(OC2CCCC2)c1. The second-order valence-corrected chi connectivity index (χ2v) is 6.70. The molecule has 0 atom stereocenters. The molecule has 0 radical (unpaired) electrons. The third-order valence-electron chi connectivity index (χ3n) is 4.64. The summed E-state index contributed by atoms with van der Waals surface area (Å²) < 4.78 is 7.56. The molecular weight excluding hydrogens is 342 g/mol. The fourth-order valence-corrected chi connectivity index (χ4v) is 3.28. The minimum Gasteiger partial charge on any atom is -0.490 e. The predicted molar refractivity (Wildman–Crippen MR) is 101 cm³/mol. The van der Waals surface area contributed by atoms with E-state index in [1.165, 1.54) is 19.2 Å². The summed E-state index contributed by atoms with van der Waals surface area (Å²) in [5.74, 6) is 0.744. The standard InChI is InChI=1S/C20H21N5O2/c26-20(12-15-8-10-17(11-9-15)25-14-21-23-24-25)22-16-4-3-7-19(13-16)27-18-5-1-2-6-18/h3-4,7-11,13-14,18H,1-2,5-6,12H2,(H,22,26). The molecule has 138 valence electrons. The van der Waals surface area contributed by atoms with Crippen LogP contribution in [0.4, 0.5) is 5.69 Å². The van der Waals surface area contributed by atoms with E-state index in [9.17, 15) is 4.79 Å². The first kappa shape index (κ1) is 17.2. The van der Waals surface area contributed by atoms with E-state index in [0.717, 1.165) is 35.5 Å². The molecule has 1 aliphatic rings. The number of rotatable bonds is 6. The number of aromatic nitrogens is 4. The van der Waals surface area contributed by atoms with Gasteiger partial charge in [0.25, 0.3) is 0 Å². The lowest BCUT2D eigenvalue weighted by molar-refractivity contribution is -0.115. The Labute approximate surface area is 157 Å². The minimum absolute atomic E-state index is 0.0665. The lowest BCUT2D eigenvalue weighted by atomic mass is 10.1. The third kappa shape index (κ3) is 4.49. The minimum atomic E-state index is -0.0665. The van der Waals surface area contributed by atoms with Crippen LogP contribution in [0.15, 0.2) is 54.9 Å². The molecule has 7 nitrogen and oxygen atoms in total. The van der Waals surface area contributed by atoms with Crippen molar-refractivity contribution in [3.63, 3.8) is 0 Å². The largest absolute Gasteiger partial charge is 0.490 e. The van der Waals surface area contributed by atoms with Crippen molar-refractivity contribution < 1.29 is 9.53 Å². The Morgan fingerprint density at radius 2 is 1.96 bits per heavy atom. The number of anilines is 1. The topological polar surface area (TPSA) is 81.9 Å². The van der Waals surface area contributed by atoms with Gasteiger partial charge in [-0.2, -0.15) is 0 Å². The zero-order valence-electron chi connectivity index (χ0n) is 14.9. The van der Waals surface area contributed by atoms with E-state index in [2.05, 4.69) is 20.8 Å². The van der Waals surface area contributed by atoms with Crippen molar-refractivity contribution in [2.45, 2.75) is 38.2 Å². The van der Waals surface area contributed by atoms with Gasteiger partial charge in [0.2, 0.25) is 5.91 Å². The number of benzene rings is 2. The number of carbonyl (C=O) groups excluding carboxylic acids is 1. The van der Waals surface area contributed by atoms with Gasteiger partial charge in [0, 0.05) is 11.8 Å². The van der Waals surface area contributed by atoms with E-state index in [4.69, 9.17) is 4.74 Å². The molecule has 0 aliphatic heterocycles. The summed E-state index contributed by atoms with van der Waals surface area (Å²) in [7, 11) is 0. The van der Waals surface area contributed by atoms with E-state index >= 15 is 0 Å². The van der Waals surface area contributed by atoms with E-state index in [1.54, 1.807) is 4.68 Å². The van der Waals surface area contributed by atoms with Crippen molar-refractivity contribution in [3.05, 3.63) is 60.4 Å². The van der Waals surface area contributed by atoms with Crippen molar-refractivity contribution in [2.24, 2.45) is 0 Å². The molecule has 1 N–H and O–H groups in total. The summed E-state index contributed by atoms with van der Waals surface area (Å²) in [5, 5.41) is 14.0. The second-order valence-electron chi connectivity index (χ2n) is 6.70. The number of tetrazole rings is 1. The fourth-order valence-electron chi connectivity index (χ4n) is 3.28. The van der Waals surface area contributed by atoms with Crippen LogP contribution >= 0.6 is 0 Å². The Bertz CT molecular complexity index is 887. The van der Waals surface area contributed by atoms with Crippen LogP contribution in [-0.4, -0.2) is 32.2 Å². The van der Waals surface area contributed by atoms with Gasteiger partial charge in [0.05, 0.1) is 18.2 Å². The molecule has 3 aromatic rings. The molecule has 7 heteroatoms. The van der Waals surface area contributed by atoms with Crippen molar-refractivity contribution in [3.8, 4) is 11.4 Å². The average molecular weight is 363 g/mol. The molecule has 1 fully saturated rings. The van der Waals surface area contributed by atoms with Crippen molar-refractivity contribution in [2.75, 3.05) is 5.32 Å². The highest BCUT2D eigenvalue weighted by Gasteiger charge is 2.16. The van der Waals surface area contributed by atoms with E-state index in [0.29, 0.717) is 12.5 Å². The zero-order chi connectivity index (χ0) is 18.5. The number of nitrogens with zero attached hydrogens (tertiary/aromatic N) is 4. The summed E-state index contributed by atoms with van der Waals surface area (Å²) in [4.78, 5) is 12.4. The molecule has 27 heavy (non-hydrogen) atoms. The maximum Gasteiger partial charge on any atom is 0.228 e. The lowest BCUT2D eigenvalue weighted by Gasteiger charge is -2.14. The first-order valence-electron chi connectivity index (χ1n) is 9.15. The molecule has 1 aromatic heterocycles. The Kier molecular flexibility index (Phi) is 5.09. The van der Waals surface area contributed by atoms with Crippen molar-refractivity contribution in [1.29, 1.82) is 0 Å². The van der Waals surface area contributed by atoms with Gasteiger partial charge in [-0.3, -0.25) is 4.79 Å². The fraction of sp³-hybridized carbons (Fsp3) is 0.300. The maximum atomic E-state index is 12.4. The summed E-state index contributed by atoms with van der Waals surface area (Å²) >= 11 is 0. The summed E-state index contributed by atoms with van der Waals surface area (Å²) in [6.07, 6.45) is 6.80. The van der Waals surface area contributed by atoms with Crippen LogP contribution in [-0.2, 0) is 11.2 Å². The number of hydrogen-bond acceptors (Lipinski definition) is 5. The van der Waals surface area contributed by atoms with Crippen LogP contribution in [0.3, 0.4) is 0 Å². The third-order valence-corrected chi connectivity index (χ3v) is 4.64. The number of carbonyl (C=O) groups is 1. The van der Waals surface area contributed by atoms with Gasteiger partial charge in [0.1, 0.15) is 12.1 Å². The molecular formula is C20H21N5O2. The van der Waals surface area contributed by atoms with Crippen LogP contribution in [0.2, 0.25) is 0 Å². The average Bonchev–Trinajstić information content (AvgIpc) is 3.36. The van der Waals surface area contributed by atoms with E-state index in [1.807, 2.05) is 48.5 Å². The highest BCUT2D eigenvalue weighted by molar-refractivity contribution is 5.92. The first-order valence-corrected chi connectivity index (χ1v) is 9.15. The molecule has 0 saturated heterocycles. The van der Waals surface area contributed by atoms with Gasteiger partial charge in [-0.05, 0) is 65.9 Å². The van der Waals surface area contributed by atoms with Crippen LogP contribution in [0.1, 0.15) is 31.2 Å². The molecule has 1 amide bonds. The van der Waals surface area contributed by atoms with Gasteiger partial charge < -0.3 is 10.1 Å².